The van der Waals surface area contributed by atoms with Gasteiger partial charge < -0.3 is 15.0 Å². The van der Waals surface area contributed by atoms with Crippen molar-refractivity contribution in [3.05, 3.63) is 24.3 Å². The molecule has 0 spiro atoms. The summed E-state index contributed by atoms with van der Waals surface area (Å²) < 4.78 is 5.20. The average Bonchev–Trinajstić information content (AvgIpc) is 2.46. The summed E-state index contributed by atoms with van der Waals surface area (Å²) in [6.45, 7) is 7.84. The molecule has 0 aliphatic carbocycles. The van der Waals surface area contributed by atoms with E-state index in [-0.39, 0.29) is 0 Å². The van der Waals surface area contributed by atoms with Crippen LogP contribution in [0.5, 0.6) is 5.75 Å². The molecule has 2 atom stereocenters. The number of nitrogens with one attached hydrogen (secondary N) is 1. The molecule has 0 bridgehead atoms. The van der Waals surface area contributed by atoms with Crippen LogP contribution in [0.25, 0.3) is 0 Å². The number of anilines is 1. The Morgan fingerprint density at radius 2 is 2.11 bits per heavy atom. The quantitative estimate of drug-likeness (QED) is 0.886. The van der Waals surface area contributed by atoms with E-state index in [0.717, 1.165) is 31.3 Å². The van der Waals surface area contributed by atoms with Crippen molar-refractivity contribution in [3.8, 4) is 5.75 Å². The van der Waals surface area contributed by atoms with E-state index in [1.54, 1.807) is 7.11 Å². The molecule has 100 valence electrons. The van der Waals surface area contributed by atoms with Gasteiger partial charge in [0.2, 0.25) is 0 Å². The number of methoxy groups -OCH3 is 1. The van der Waals surface area contributed by atoms with Crippen LogP contribution in [0.2, 0.25) is 0 Å². The number of hydrogen-bond donors (Lipinski definition) is 1. The summed E-state index contributed by atoms with van der Waals surface area (Å²) in [5.74, 6) is 1.65. The molecule has 2 rings (SSSR count). The van der Waals surface area contributed by atoms with Crippen molar-refractivity contribution in [3.63, 3.8) is 0 Å². The molecule has 2 unspecified atom stereocenters. The summed E-state index contributed by atoms with van der Waals surface area (Å²) in [5.41, 5.74) is 1.30. The molecular weight excluding hydrogens is 224 g/mol. The molecule has 1 fully saturated rings. The predicted molar refractivity (Wildman–Crippen MR) is 76.5 cm³/mol. The van der Waals surface area contributed by atoms with Gasteiger partial charge in [0.15, 0.2) is 0 Å². The first-order chi connectivity index (χ1) is 8.74. The van der Waals surface area contributed by atoms with Gasteiger partial charge in [-0.25, -0.2) is 0 Å². The second-order valence-corrected chi connectivity index (χ2v) is 5.09. The van der Waals surface area contributed by atoms with Crippen LogP contribution in [0.3, 0.4) is 0 Å². The van der Waals surface area contributed by atoms with Crippen molar-refractivity contribution in [2.24, 2.45) is 5.92 Å². The lowest BCUT2D eigenvalue weighted by atomic mass is 9.97. The molecule has 3 heteroatoms. The minimum atomic E-state index is 0.603. The smallest absolute Gasteiger partial charge is 0.119 e. The van der Waals surface area contributed by atoms with Crippen LogP contribution in [-0.4, -0.2) is 32.8 Å². The Hall–Kier alpha value is -1.22. The molecule has 0 aromatic heterocycles. The Morgan fingerprint density at radius 1 is 1.39 bits per heavy atom. The standard InChI is InChI=1S/C15H24N2O/c1-4-12(2)15-11-17(10-9-16-15)13-5-7-14(18-3)8-6-13/h5-8,12,15-16H,4,9-11H2,1-3H3. The molecule has 1 aliphatic heterocycles. The maximum atomic E-state index is 5.20. The summed E-state index contributed by atoms with van der Waals surface area (Å²) >= 11 is 0. The normalized spacial score (nSPS) is 21.7. The third-order valence-corrected chi connectivity index (χ3v) is 3.97. The summed E-state index contributed by atoms with van der Waals surface area (Å²) in [7, 11) is 1.71. The van der Waals surface area contributed by atoms with Crippen LogP contribution in [0, 0.1) is 5.92 Å². The highest BCUT2D eigenvalue weighted by Crippen LogP contribution is 2.22. The predicted octanol–water partition coefficient (Wildman–Crippen LogP) is 2.52. The Morgan fingerprint density at radius 3 is 2.72 bits per heavy atom. The topological polar surface area (TPSA) is 24.5 Å². The van der Waals surface area contributed by atoms with Crippen molar-refractivity contribution >= 4 is 5.69 Å². The lowest BCUT2D eigenvalue weighted by molar-refractivity contribution is 0.342. The Kier molecular flexibility index (Phi) is 4.48. The van der Waals surface area contributed by atoms with Crippen molar-refractivity contribution in [1.29, 1.82) is 0 Å². The molecule has 1 aliphatic rings. The Labute approximate surface area is 110 Å². The van der Waals surface area contributed by atoms with Crippen molar-refractivity contribution in [1.82, 2.24) is 5.32 Å². The number of piperazine rings is 1. The highest BCUT2D eigenvalue weighted by molar-refractivity contribution is 5.49. The van der Waals surface area contributed by atoms with E-state index >= 15 is 0 Å². The van der Waals surface area contributed by atoms with Crippen molar-refractivity contribution < 1.29 is 4.74 Å². The minimum absolute atomic E-state index is 0.603. The molecule has 0 radical (unpaired) electrons. The number of nitrogens with zero attached hydrogens (tertiary/aromatic N) is 1. The summed E-state index contributed by atoms with van der Waals surface area (Å²) in [6, 6.07) is 8.98. The van der Waals surface area contributed by atoms with Crippen molar-refractivity contribution in [2.45, 2.75) is 26.3 Å². The zero-order valence-electron chi connectivity index (χ0n) is 11.6. The molecule has 1 heterocycles. The molecule has 1 saturated heterocycles. The van der Waals surface area contributed by atoms with Crippen LogP contribution >= 0.6 is 0 Å². The van der Waals surface area contributed by atoms with E-state index in [0.29, 0.717) is 6.04 Å². The zero-order valence-corrected chi connectivity index (χ0v) is 11.6. The van der Waals surface area contributed by atoms with E-state index in [9.17, 15) is 0 Å². The maximum Gasteiger partial charge on any atom is 0.119 e. The van der Waals surface area contributed by atoms with Gasteiger partial charge in [0.1, 0.15) is 5.75 Å². The van der Waals surface area contributed by atoms with Crippen LogP contribution in [0.4, 0.5) is 5.69 Å². The monoisotopic (exact) mass is 248 g/mol. The van der Waals surface area contributed by atoms with E-state index in [4.69, 9.17) is 4.74 Å². The zero-order chi connectivity index (χ0) is 13.0. The molecule has 1 aromatic rings. The molecule has 1 aromatic carbocycles. The molecule has 0 amide bonds. The fourth-order valence-electron chi connectivity index (χ4n) is 2.47. The van der Waals surface area contributed by atoms with Gasteiger partial charge in [-0.15, -0.1) is 0 Å². The third kappa shape index (κ3) is 2.96. The fourth-order valence-corrected chi connectivity index (χ4v) is 2.47. The van der Waals surface area contributed by atoms with Crippen molar-refractivity contribution in [2.75, 3.05) is 31.6 Å². The Balaban J connectivity index is 2.03. The molecule has 0 saturated carbocycles. The van der Waals surface area contributed by atoms with Gasteiger partial charge in [0.05, 0.1) is 7.11 Å². The first-order valence-corrected chi connectivity index (χ1v) is 6.87. The SMILES string of the molecule is CCC(C)C1CN(c2ccc(OC)cc2)CCN1. The first-order valence-electron chi connectivity index (χ1n) is 6.87. The molecule has 1 N–H and O–H groups in total. The first kappa shape index (κ1) is 13.2. The maximum absolute atomic E-state index is 5.20. The lowest BCUT2D eigenvalue weighted by Crippen LogP contribution is -2.53. The Bertz CT molecular complexity index is 363. The van der Waals surface area contributed by atoms with Crippen LogP contribution in [0.15, 0.2) is 24.3 Å². The van der Waals surface area contributed by atoms with Crippen LogP contribution in [-0.2, 0) is 0 Å². The van der Waals surface area contributed by atoms with Gasteiger partial charge in [-0.2, -0.15) is 0 Å². The largest absolute Gasteiger partial charge is 0.497 e. The summed E-state index contributed by atoms with van der Waals surface area (Å²) in [5, 5.41) is 3.63. The van der Waals surface area contributed by atoms with E-state index in [1.165, 1.54) is 12.1 Å². The van der Waals surface area contributed by atoms with Gasteiger partial charge in [0, 0.05) is 31.4 Å². The van der Waals surface area contributed by atoms with E-state index < -0.39 is 0 Å². The average molecular weight is 248 g/mol. The highest BCUT2D eigenvalue weighted by Gasteiger charge is 2.23. The van der Waals surface area contributed by atoms with E-state index in [2.05, 4.69) is 36.2 Å². The second-order valence-electron chi connectivity index (χ2n) is 5.09. The van der Waals surface area contributed by atoms with Gasteiger partial charge in [-0.1, -0.05) is 20.3 Å². The highest BCUT2D eigenvalue weighted by atomic mass is 16.5. The molecule has 3 nitrogen and oxygen atoms in total. The van der Waals surface area contributed by atoms with Crippen LogP contribution in [0.1, 0.15) is 20.3 Å². The number of hydrogen-bond acceptors (Lipinski definition) is 3. The van der Waals surface area contributed by atoms with E-state index in [1.807, 2.05) is 12.1 Å². The summed E-state index contributed by atoms with van der Waals surface area (Å²) in [4.78, 5) is 2.47. The number of ether oxygens (including phenoxy) is 1. The lowest BCUT2D eigenvalue weighted by Gasteiger charge is -2.38. The van der Waals surface area contributed by atoms with Gasteiger partial charge in [-0.3, -0.25) is 0 Å². The molecule has 18 heavy (non-hydrogen) atoms. The second kappa shape index (κ2) is 6.10. The fraction of sp³-hybridized carbons (Fsp3) is 0.600. The summed E-state index contributed by atoms with van der Waals surface area (Å²) in [6.07, 6.45) is 1.23. The minimum Gasteiger partial charge on any atom is -0.497 e. The number of rotatable bonds is 4. The van der Waals surface area contributed by atoms with Crippen LogP contribution < -0.4 is 15.0 Å². The number of benzene rings is 1. The van der Waals surface area contributed by atoms with Gasteiger partial charge in [-0.05, 0) is 30.2 Å². The molecular formula is C15H24N2O. The van der Waals surface area contributed by atoms with Gasteiger partial charge in [0.25, 0.3) is 0 Å². The third-order valence-electron chi connectivity index (χ3n) is 3.97. The van der Waals surface area contributed by atoms with Gasteiger partial charge >= 0.3 is 0 Å².